The maximum absolute atomic E-state index is 13.3. The molecule has 5 heteroatoms. The number of aromatic nitrogens is 1. The van der Waals surface area contributed by atoms with Crippen LogP contribution in [0.2, 0.25) is 0 Å². The number of hydrogen-bond donors (Lipinski definition) is 1. The second-order valence-corrected chi connectivity index (χ2v) is 5.16. The normalized spacial score (nSPS) is 12.7. The van der Waals surface area contributed by atoms with E-state index in [9.17, 15) is 9.50 Å². The van der Waals surface area contributed by atoms with E-state index in [0.29, 0.717) is 6.42 Å². The number of pyridine rings is 1. The number of thiophene rings is 1. The molecule has 1 N–H and O–H groups in total. The minimum absolute atomic E-state index is 0.287. The number of halogens is 2. The van der Waals surface area contributed by atoms with Crippen LogP contribution in [-0.4, -0.2) is 10.1 Å². The van der Waals surface area contributed by atoms with Gasteiger partial charge in [-0.1, -0.05) is 0 Å². The Morgan fingerprint density at radius 1 is 1.50 bits per heavy atom. The largest absolute Gasteiger partial charge is 0.388 e. The molecule has 16 heavy (non-hydrogen) atoms. The van der Waals surface area contributed by atoms with E-state index in [4.69, 9.17) is 0 Å². The summed E-state index contributed by atoms with van der Waals surface area (Å²) >= 11 is 4.91. The van der Waals surface area contributed by atoms with E-state index in [1.807, 2.05) is 11.4 Å². The van der Waals surface area contributed by atoms with Crippen molar-refractivity contribution in [3.8, 4) is 0 Å². The van der Waals surface area contributed by atoms with E-state index >= 15 is 0 Å². The van der Waals surface area contributed by atoms with Gasteiger partial charge < -0.3 is 5.11 Å². The number of hydrogen-bond acceptors (Lipinski definition) is 3. The number of nitrogens with zero attached hydrogens (tertiary/aromatic N) is 1. The van der Waals surface area contributed by atoms with Crippen molar-refractivity contribution in [3.05, 3.63) is 50.6 Å². The van der Waals surface area contributed by atoms with Crippen LogP contribution >= 0.6 is 27.3 Å². The van der Waals surface area contributed by atoms with Crippen LogP contribution < -0.4 is 0 Å². The predicted molar refractivity (Wildman–Crippen MR) is 64.9 cm³/mol. The molecule has 0 fully saturated rings. The molecule has 0 saturated heterocycles. The van der Waals surface area contributed by atoms with E-state index < -0.39 is 11.9 Å². The average Bonchev–Trinajstić information content (AvgIpc) is 2.65. The van der Waals surface area contributed by atoms with Crippen LogP contribution in [0.3, 0.4) is 0 Å². The van der Waals surface area contributed by atoms with Crippen molar-refractivity contribution >= 4 is 27.3 Å². The summed E-state index contributed by atoms with van der Waals surface area (Å²) in [5, 5.41) is 11.8. The molecule has 0 aliphatic rings. The first-order chi connectivity index (χ1) is 7.68. The summed E-state index contributed by atoms with van der Waals surface area (Å²) in [6.07, 6.45) is 2.16. The molecule has 1 unspecified atom stereocenters. The molecule has 0 radical (unpaired) electrons. The Hall–Kier alpha value is -0.780. The van der Waals surface area contributed by atoms with Gasteiger partial charge in [-0.2, -0.15) is 0 Å². The molecule has 2 aromatic rings. The first-order valence-electron chi connectivity index (χ1n) is 4.68. The van der Waals surface area contributed by atoms with Gasteiger partial charge in [-0.25, -0.2) is 4.39 Å². The molecule has 2 heterocycles. The van der Waals surface area contributed by atoms with E-state index in [-0.39, 0.29) is 5.56 Å². The summed E-state index contributed by atoms with van der Waals surface area (Å²) in [5.74, 6) is -0.470. The lowest BCUT2D eigenvalue weighted by atomic mass is 10.1. The molecule has 2 aromatic heterocycles. The average molecular weight is 302 g/mol. The minimum atomic E-state index is -0.835. The van der Waals surface area contributed by atoms with Crippen molar-refractivity contribution in [2.24, 2.45) is 0 Å². The topological polar surface area (TPSA) is 33.1 Å². The van der Waals surface area contributed by atoms with Gasteiger partial charge in [-0.3, -0.25) is 4.98 Å². The molecule has 0 amide bonds. The second-order valence-electron chi connectivity index (χ2n) is 3.31. The van der Waals surface area contributed by atoms with Crippen molar-refractivity contribution in [2.75, 3.05) is 0 Å². The van der Waals surface area contributed by atoms with Gasteiger partial charge in [-0.15, -0.1) is 11.3 Å². The summed E-state index contributed by atoms with van der Waals surface area (Å²) in [6, 6.07) is 3.41. The fourth-order valence-corrected chi connectivity index (χ4v) is 2.96. The summed E-state index contributed by atoms with van der Waals surface area (Å²) < 4.78 is 14.3. The molecule has 2 rings (SSSR count). The fraction of sp³-hybridized carbons (Fsp3) is 0.182. The number of aliphatic hydroxyl groups is 1. The van der Waals surface area contributed by atoms with Gasteiger partial charge >= 0.3 is 0 Å². The molecule has 0 spiro atoms. The van der Waals surface area contributed by atoms with Crippen molar-refractivity contribution in [1.29, 1.82) is 0 Å². The maximum atomic E-state index is 13.3. The SMILES string of the molecule is OC(Cc1sccc1Br)c1ccncc1F. The Balaban J connectivity index is 2.18. The van der Waals surface area contributed by atoms with Gasteiger partial charge in [0.1, 0.15) is 5.82 Å². The van der Waals surface area contributed by atoms with Crippen molar-refractivity contribution in [2.45, 2.75) is 12.5 Å². The van der Waals surface area contributed by atoms with Crippen LogP contribution in [0.15, 0.2) is 34.4 Å². The zero-order valence-corrected chi connectivity index (χ0v) is 10.6. The van der Waals surface area contributed by atoms with E-state index in [1.165, 1.54) is 23.6 Å². The van der Waals surface area contributed by atoms with Gasteiger partial charge in [0, 0.05) is 27.5 Å². The summed E-state index contributed by atoms with van der Waals surface area (Å²) in [6.45, 7) is 0. The van der Waals surface area contributed by atoms with Crippen LogP contribution in [0.25, 0.3) is 0 Å². The van der Waals surface area contributed by atoms with Crippen LogP contribution in [0, 0.1) is 5.82 Å². The second kappa shape index (κ2) is 5.03. The quantitative estimate of drug-likeness (QED) is 0.943. The Morgan fingerprint density at radius 2 is 2.31 bits per heavy atom. The van der Waals surface area contributed by atoms with Crippen molar-refractivity contribution < 1.29 is 9.50 Å². The van der Waals surface area contributed by atoms with Crippen molar-refractivity contribution in [1.82, 2.24) is 4.98 Å². The zero-order chi connectivity index (χ0) is 11.5. The zero-order valence-electron chi connectivity index (χ0n) is 8.23. The number of rotatable bonds is 3. The summed E-state index contributed by atoms with van der Waals surface area (Å²) in [7, 11) is 0. The monoisotopic (exact) mass is 301 g/mol. The standard InChI is InChI=1S/C11H9BrFNOS/c12-8-2-4-16-11(8)5-10(15)7-1-3-14-6-9(7)13/h1-4,6,10,15H,5H2. The molecule has 84 valence electrons. The molecule has 1 atom stereocenters. The van der Waals surface area contributed by atoms with Gasteiger partial charge in [0.15, 0.2) is 0 Å². The molecule has 0 saturated carbocycles. The lowest BCUT2D eigenvalue weighted by Gasteiger charge is -2.10. The highest BCUT2D eigenvalue weighted by atomic mass is 79.9. The third-order valence-corrected chi connectivity index (χ3v) is 4.18. The highest BCUT2D eigenvalue weighted by Gasteiger charge is 2.15. The molecule has 0 bridgehead atoms. The third-order valence-electron chi connectivity index (χ3n) is 2.23. The molecule has 0 aromatic carbocycles. The van der Waals surface area contributed by atoms with Gasteiger partial charge in [-0.05, 0) is 33.4 Å². The van der Waals surface area contributed by atoms with E-state index in [1.54, 1.807) is 0 Å². The third kappa shape index (κ3) is 2.48. The highest BCUT2D eigenvalue weighted by Crippen LogP contribution is 2.28. The number of aliphatic hydroxyl groups excluding tert-OH is 1. The Bertz CT molecular complexity index is 488. The van der Waals surface area contributed by atoms with Gasteiger partial charge in [0.05, 0.1) is 12.3 Å². The first kappa shape index (κ1) is 11.7. The van der Waals surface area contributed by atoms with Crippen LogP contribution in [-0.2, 0) is 6.42 Å². The van der Waals surface area contributed by atoms with Crippen LogP contribution in [0.5, 0.6) is 0 Å². The van der Waals surface area contributed by atoms with Gasteiger partial charge in [0.25, 0.3) is 0 Å². The lowest BCUT2D eigenvalue weighted by molar-refractivity contribution is 0.174. The molecule has 0 aliphatic carbocycles. The maximum Gasteiger partial charge on any atom is 0.147 e. The smallest absolute Gasteiger partial charge is 0.147 e. The predicted octanol–water partition coefficient (Wildman–Crippen LogP) is 3.32. The molecular formula is C11H9BrFNOS. The van der Waals surface area contributed by atoms with Crippen LogP contribution in [0.4, 0.5) is 4.39 Å². The van der Waals surface area contributed by atoms with E-state index in [2.05, 4.69) is 20.9 Å². The van der Waals surface area contributed by atoms with Crippen LogP contribution in [0.1, 0.15) is 16.5 Å². The Kier molecular flexibility index (Phi) is 3.68. The summed E-state index contributed by atoms with van der Waals surface area (Å²) in [4.78, 5) is 4.65. The minimum Gasteiger partial charge on any atom is -0.388 e. The van der Waals surface area contributed by atoms with Crippen molar-refractivity contribution in [3.63, 3.8) is 0 Å². The lowest BCUT2D eigenvalue weighted by Crippen LogP contribution is -2.04. The molecular weight excluding hydrogens is 293 g/mol. The summed E-state index contributed by atoms with van der Waals surface area (Å²) in [5.41, 5.74) is 0.287. The molecule has 2 nitrogen and oxygen atoms in total. The van der Waals surface area contributed by atoms with E-state index in [0.717, 1.165) is 15.5 Å². The Labute approximate surface area is 105 Å². The Morgan fingerprint density at radius 3 is 2.94 bits per heavy atom. The fourth-order valence-electron chi connectivity index (χ4n) is 1.41. The first-order valence-corrected chi connectivity index (χ1v) is 6.35. The highest BCUT2D eigenvalue weighted by molar-refractivity contribution is 9.10. The van der Waals surface area contributed by atoms with Gasteiger partial charge in [0.2, 0.25) is 0 Å². The molecule has 0 aliphatic heterocycles.